The zero-order valence-electron chi connectivity index (χ0n) is 6.65. The summed E-state index contributed by atoms with van der Waals surface area (Å²) in [5, 5.41) is 0. The molecule has 0 saturated heterocycles. The van der Waals surface area contributed by atoms with E-state index in [-0.39, 0.29) is 0 Å². The molecule has 0 aliphatic heterocycles. The summed E-state index contributed by atoms with van der Waals surface area (Å²) < 4.78 is 0. The molecule has 2 N–H and O–H groups in total. The van der Waals surface area contributed by atoms with Crippen molar-refractivity contribution in [3.63, 3.8) is 0 Å². The minimum atomic E-state index is 0.415. The van der Waals surface area contributed by atoms with E-state index in [1.165, 1.54) is 12.8 Å². The van der Waals surface area contributed by atoms with Gasteiger partial charge in [0.15, 0.2) is 0 Å². The average Bonchev–Trinajstić information content (AvgIpc) is 1.59. The van der Waals surface area contributed by atoms with Crippen LogP contribution >= 0.6 is 0 Å². The maximum atomic E-state index is 5.72. The molecule has 1 saturated carbocycles. The van der Waals surface area contributed by atoms with Crippen molar-refractivity contribution < 1.29 is 0 Å². The monoisotopic (exact) mass is 127 g/mol. The van der Waals surface area contributed by atoms with Gasteiger partial charge in [-0.1, -0.05) is 13.8 Å². The highest BCUT2D eigenvalue weighted by Gasteiger charge is 2.37. The lowest BCUT2D eigenvalue weighted by Crippen LogP contribution is -2.41. The van der Waals surface area contributed by atoms with E-state index < -0.39 is 0 Å². The minimum Gasteiger partial charge on any atom is -0.328 e. The van der Waals surface area contributed by atoms with Gasteiger partial charge in [-0.15, -0.1) is 0 Å². The van der Waals surface area contributed by atoms with Crippen LogP contribution in [0.2, 0.25) is 0 Å². The van der Waals surface area contributed by atoms with Crippen molar-refractivity contribution in [2.75, 3.05) is 0 Å². The second kappa shape index (κ2) is 1.98. The summed E-state index contributed by atoms with van der Waals surface area (Å²) in [6.45, 7) is 6.73. The van der Waals surface area contributed by atoms with Gasteiger partial charge in [0.05, 0.1) is 0 Å². The second-order valence-electron chi connectivity index (χ2n) is 4.19. The van der Waals surface area contributed by atoms with Gasteiger partial charge < -0.3 is 5.73 Å². The molecule has 0 radical (unpaired) electrons. The van der Waals surface area contributed by atoms with Crippen LogP contribution in [0.3, 0.4) is 0 Å². The van der Waals surface area contributed by atoms with E-state index in [0.29, 0.717) is 11.5 Å². The molecule has 0 aromatic carbocycles. The number of nitrogens with two attached hydrogens (primary N) is 1. The van der Waals surface area contributed by atoms with Crippen LogP contribution < -0.4 is 5.73 Å². The fourth-order valence-electron chi connectivity index (χ4n) is 1.73. The standard InChI is InChI=1S/C8H17N/c1-6(9)7-4-8(2,3)5-7/h6-7H,4-5,9H2,1-3H3. The van der Waals surface area contributed by atoms with Crippen molar-refractivity contribution in [1.29, 1.82) is 0 Å². The van der Waals surface area contributed by atoms with Crippen molar-refractivity contribution in [3.05, 3.63) is 0 Å². The van der Waals surface area contributed by atoms with Crippen molar-refractivity contribution in [2.24, 2.45) is 17.1 Å². The third kappa shape index (κ3) is 1.45. The first-order chi connectivity index (χ1) is 4.01. The number of hydrogen-bond acceptors (Lipinski definition) is 1. The van der Waals surface area contributed by atoms with Gasteiger partial charge in [0.25, 0.3) is 0 Å². The van der Waals surface area contributed by atoms with Crippen LogP contribution in [0.25, 0.3) is 0 Å². The molecule has 0 aromatic heterocycles. The first kappa shape index (κ1) is 7.07. The highest BCUT2D eigenvalue weighted by molar-refractivity contribution is 4.90. The summed E-state index contributed by atoms with van der Waals surface area (Å²) in [6.07, 6.45) is 2.65. The lowest BCUT2D eigenvalue weighted by molar-refractivity contribution is 0.0806. The van der Waals surface area contributed by atoms with E-state index in [1.54, 1.807) is 0 Å². The molecule has 0 spiro atoms. The lowest BCUT2D eigenvalue weighted by atomic mass is 9.62. The summed E-state index contributed by atoms with van der Waals surface area (Å²) >= 11 is 0. The molecule has 1 rings (SSSR count). The smallest absolute Gasteiger partial charge is 0.00391 e. The molecule has 1 aliphatic rings. The van der Waals surface area contributed by atoms with Crippen LogP contribution in [-0.4, -0.2) is 6.04 Å². The molecule has 1 atom stereocenters. The van der Waals surface area contributed by atoms with Gasteiger partial charge in [0.1, 0.15) is 0 Å². The van der Waals surface area contributed by atoms with Crippen LogP contribution in [0, 0.1) is 11.3 Å². The average molecular weight is 127 g/mol. The van der Waals surface area contributed by atoms with Gasteiger partial charge in [-0.3, -0.25) is 0 Å². The topological polar surface area (TPSA) is 26.0 Å². The third-order valence-electron chi connectivity index (χ3n) is 2.37. The van der Waals surface area contributed by atoms with E-state index in [1.807, 2.05) is 0 Å². The largest absolute Gasteiger partial charge is 0.328 e. The van der Waals surface area contributed by atoms with Crippen LogP contribution in [-0.2, 0) is 0 Å². The molecule has 1 unspecified atom stereocenters. The first-order valence-electron chi connectivity index (χ1n) is 3.77. The molecule has 1 nitrogen and oxygen atoms in total. The molecule has 9 heavy (non-hydrogen) atoms. The Bertz CT molecular complexity index is 97.1. The van der Waals surface area contributed by atoms with Gasteiger partial charge in [-0.2, -0.15) is 0 Å². The fraction of sp³-hybridized carbons (Fsp3) is 1.00. The molecule has 1 aliphatic carbocycles. The van der Waals surface area contributed by atoms with Crippen LogP contribution in [0.5, 0.6) is 0 Å². The maximum absolute atomic E-state index is 5.72. The third-order valence-corrected chi connectivity index (χ3v) is 2.37. The normalized spacial score (nSPS) is 29.3. The predicted octanol–water partition coefficient (Wildman–Crippen LogP) is 1.77. The van der Waals surface area contributed by atoms with E-state index in [0.717, 1.165) is 5.92 Å². The quantitative estimate of drug-likeness (QED) is 0.570. The lowest BCUT2D eigenvalue weighted by Gasteiger charge is -2.44. The van der Waals surface area contributed by atoms with E-state index in [4.69, 9.17) is 5.73 Å². The Morgan fingerprint density at radius 1 is 1.44 bits per heavy atom. The molecule has 0 heterocycles. The Hall–Kier alpha value is -0.0400. The highest BCUT2D eigenvalue weighted by Crippen LogP contribution is 2.45. The number of rotatable bonds is 1. The Labute approximate surface area is 57.6 Å². The molecule has 0 bridgehead atoms. The molecule has 1 heteroatoms. The van der Waals surface area contributed by atoms with Gasteiger partial charge in [0, 0.05) is 6.04 Å². The van der Waals surface area contributed by atoms with E-state index in [9.17, 15) is 0 Å². The van der Waals surface area contributed by atoms with Crippen molar-refractivity contribution in [1.82, 2.24) is 0 Å². The summed E-state index contributed by atoms with van der Waals surface area (Å²) in [4.78, 5) is 0. The summed E-state index contributed by atoms with van der Waals surface area (Å²) in [5.74, 6) is 0.806. The zero-order valence-corrected chi connectivity index (χ0v) is 6.65. The molecular weight excluding hydrogens is 110 g/mol. The Morgan fingerprint density at radius 3 is 2.00 bits per heavy atom. The maximum Gasteiger partial charge on any atom is 0.00391 e. The number of hydrogen-bond donors (Lipinski definition) is 1. The summed E-state index contributed by atoms with van der Waals surface area (Å²) in [6, 6.07) is 0.415. The van der Waals surface area contributed by atoms with Gasteiger partial charge in [-0.25, -0.2) is 0 Å². The van der Waals surface area contributed by atoms with Crippen molar-refractivity contribution in [2.45, 2.75) is 39.7 Å². The summed E-state index contributed by atoms with van der Waals surface area (Å²) in [5.41, 5.74) is 6.31. The summed E-state index contributed by atoms with van der Waals surface area (Å²) in [7, 11) is 0. The van der Waals surface area contributed by atoms with Gasteiger partial charge in [-0.05, 0) is 31.1 Å². The van der Waals surface area contributed by atoms with Crippen molar-refractivity contribution in [3.8, 4) is 0 Å². The van der Waals surface area contributed by atoms with E-state index >= 15 is 0 Å². The predicted molar refractivity (Wildman–Crippen MR) is 40.2 cm³/mol. The van der Waals surface area contributed by atoms with Crippen molar-refractivity contribution >= 4 is 0 Å². The Kier molecular flexibility index (Phi) is 1.55. The van der Waals surface area contributed by atoms with Crippen LogP contribution in [0.4, 0.5) is 0 Å². The van der Waals surface area contributed by atoms with Crippen LogP contribution in [0.1, 0.15) is 33.6 Å². The van der Waals surface area contributed by atoms with Gasteiger partial charge >= 0.3 is 0 Å². The minimum absolute atomic E-state index is 0.415. The Balaban J connectivity index is 2.27. The second-order valence-corrected chi connectivity index (χ2v) is 4.19. The van der Waals surface area contributed by atoms with E-state index in [2.05, 4.69) is 20.8 Å². The molecule has 0 amide bonds. The Morgan fingerprint density at radius 2 is 1.89 bits per heavy atom. The molecule has 1 fully saturated rings. The fourth-order valence-corrected chi connectivity index (χ4v) is 1.73. The molecule has 54 valence electrons. The highest BCUT2D eigenvalue weighted by atomic mass is 14.7. The first-order valence-corrected chi connectivity index (χ1v) is 3.77. The van der Waals surface area contributed by atoms with Gasteiger partial charge in [0.2, 0.25) is 0 Å². The zero-order chi connectivity index (χ0) is 7.07. The molecule has 0 aromatic rings. The van der Waals surface area contributed by atoms with Crippen LogP contribution in [0.15, 0.2) is 0 Å². The SMILES string of the molecule is CC(N)C1CC(C)(C)C1. The molecular formula is C8H17N.